The summed E-state index contributed by atoms with van der Waals surface area (Å²) in [6, 6.07) is 0. The van der Waals surface area contributed by atoms with Crippen LogP contribution in [0.1, 0.15) is 0 Å². The van der Waals surface area contributed by atoms with E-state index < -0.39 is 22.0 Å². The van der Waals surface area contributed by atoms with Crippen molar-refractivity contribution in [2.75, 3.05) is 0 Å². The first-order valence-corrected chi connectivity index (χ1v) is 3.14. The van der Waals surface area contributed by atoms with Crippen molar-refractivity contribution in [2.45, 2.75) is 0 Å². The minimum absolute atomic E-state index is 0. The molecule has 5 nitrogen and oxygen atoms in total. The van der Waals surface area contributed by atoms with Crippen molar-refractivity contribution in [1.29, 1.82) is 0 Å². The molecule has 44 valence electrons. The second-order valence-electron chi connectivity index (χ2n) is 0.502. The summed E-state index contributed by atoms with van der Waals surface area (Å²) in [7, 11) is -6.19. The van der Waals surface area contributed by atoms with Gasteiger partial charge in [0.1, 0.15) is 0 Å². The molecule has 8 heteroatoms. The summed E-state index contributed by atoms with van der Waals surface area (Å²) < 4.78 is 40.0. The number of hydrogen-bond donors (Lipinski definition) is 1. The predicted octanol–water partition coefficient (Wildman–Crippen LogP) is -4.24. The van der Waals surface area contributed by atoms with Gasteiger partial charge in [0.25, 0.3) is 0 Å². The Morgan fingerprint density at radius 1 is 1.25 bits per heavy atom. The zero-order chi connectivity index (χ0) is 5.86. The molecule has 8 heavy (non-hydrogen) atoms. The molecule has 0 aromatic heterocycles. The third-order valence-electron chi connectivity index (χ3n) is 0.122. The van der Waals surface area contributed by atoms with Gasteiger partial charge in [0.15, 0.2) is 0 Å². The van der Waals surface area contributed by atoms with E-state index in [-0.39, 0.29) is 51.4 Å². The summed E-state index contributed by atoms with van der Waals surface area (Å²) in [6.45, 7) is 0. The maximum atomic E-state index is 9.23. The number of hydrogen-bond acceptors (Lipinski definition) is 6. The molecule has 0 aliphatic rings. The van der Waals surface area contributed by atoms with E-state index in [9.17, 15) is 16.8 Å². The van der Waals surface area contributed by atoms with Crippen molar-refractivity contribution < 1.29 is 71.8 Å². The van der Waals surface area contributed by atoms with Crippen LogP contribution >= 0.6 is 0 Å². The van der Waals surface area contributed by atoms with E-state index in [2.05, 4.69) is 3.63 Å². The molecule has 0 radical (unpaired) electrons. The van der Waals surface area contributed by atoms with Crippen LogP contribution in [0.5, 0.6) is 0 Å². The quantitative estimate of drug-likeness (QED) is 0.267. The third kappa shape index (κ3) is 10.5. The van der Waals surface area contributed by atoms with Gasteiger partial charge in [-0.25, -0.2) is 8.42 Å². The fourth-order valence-electron chi connectivity index (χ4n) is 0.0497. The predicted molar refractivity (Wildman–Crippen MR) is 20.1 cm³/mol. The van der Waals surface area contributed by atoms with Crippen LogP contribution in [0.3, 0.4) is 0 Å². The van der Waals surface area contributed by atoms with Crippen LogP contribution < -0.4 is 51.4 Å². The molecule has 0 aromatic rings. The largest absolute Gasteiger partial charge is 1.00 e. The number of rotatable bonds is 2. The molecule has 0 fully saturated rings. The van der Waals surface area contributed by atoms with E-state index >= 15 is 0 Å². The molecule has 0 aromatic carbocycles. The Bertz CT molecular complexity index is 139. The minimum atomic E-state index is -3.25. The summed E-state index contributed by atoms with van der Waals surface area (Å²) in [6.07, 6.45) is 0. The van der Waals surface area contributed by atoms with Crippen LogP contribution in [-0.2, 0) is 34.0 Å². The second kappa shape index (κ2) is 6.61. The Kier molecular flexibility index (Phi) is 10.1. The summed E-state index contributed by atoms with van der Waals surface area (Å²) in [5, 5.41) is 0. The molecule has 0 amide bonds. The molecule has 0 unspecified atom stereocenters. The molecule has 0 spiro atoms. The summed E-state index contributed by atoms with van der Waals surface area (Å²) in [5.41, 5.74) is 0. The van der Waals surface area contributed by atoms with Gasteiger partial charge < -0.3 is 12.0 Å². The van der Waals surface area contributed by atoms with Crippen LogP contribution in [0, 0.1) is 0 Å². The Hall–Kier alpha value is 1.50. The fourth-order valence-corrected chi connectivity index (χ4v) is 0.447. The molecule has 0 saturated carbocycles. The van der Waals surface area contributed by atoms with Crippen molar-refractivity contribution in [2.24, 2.45) is 0 Å². The van der Waals surface area contributed by atoms with Gasteiger partial charge in [-0.15, -0.1) is 0 Å². The van der Waals surface area contributed by atoms with Gasteiger partial charge in [0.2, 0.25) is 11.0 Å². The second-order valence-corrected chi connectivity index (χ2v) is 1.95. The van der Waals surface area contributed by atoms with Crippen molar-refractivity contribution >= 4 is 22.0 Å². The smallest absolute Gasteiger partial charge is 0.396 e. The molecule has 0 rings (SSSR count). The first-order chi connectivity index (χ1) is 3.13. The molecule has 0 bridgehead atoms. The first kappa shape index (κ1) is 12.2. The SMILES string of the molecule is O=[S-](=O)O[SH](=O)=O.[K+]. The van der Waals surface area contributed by atoms with Gasteiger partial charge in [-0.3, -0.25) is 0 Å². The standard InChI is InChI=1S/K.HO5S2/c;1-6(2)5-7(3)4/h;6H/q+1;-1. The van der Waals surface area contributed by atoms with Crippen molar-refractivity contribution in [1.82, 2.24) is 0 Å². The average Bonchev–Trinajstić information content (AvgIpc) is 1.27. The third-order valence-corrected chi connectivity index (χ3v) is 1.10. The topological polar surface area (TPSA) is 77.5 Å². The van der Waals surface area contributed by atoms with E-state index in [1.54, 1.807) is 0 Å². The molecule has 0 heterocycles. The molecule has 0 aliphatic carbocycles. The molecular formula is HKO5S2. The fraction of sp³-hybridized carbons (Fsp3) is 0. The zero-order valence-corrected chi connectivity index (χ0v) is 8.73. The summed E-state index contributed by atoms with van der Waals surface area (Å²) in [5.74, 6) is 0. The zero-order valence-electron chi connectivity index (χ0n) is 3.90. The first-order valence-electron chi connectivity index (χ1n) is 1.05. The molecule has 0 aliphatic heterocycles. The van der Waals surface area contributed by atoms with E-state index in [0.717, 1.165) is 0 Å². The van der Waals surface area contributed by atoms with Gasteiger partial charge >= 0.3 is 51.4 Å². The normalized spacial score (nSPS) is 9.25. The monoisotopic (exact) mass is 184 g/mol. The van der Waals surface area contributed by atoms with Crippen molar-refractivity contribution in [3.63, 3.8) is 0 Å². The van der Waals surface area contributed by atoms with Crippen molar-refractivity contribution in [3.05, 3.63) is 0 Å². The van der Waals surface area contributed by atoms with Gasteiger partial charge in [-0.05, 0) is 0 Å². The Balaban J connectivity index is 0. The van der Waals surface area contributed by atoms with E-state index in [1.165, 1.54) is 0 Å². The summed E-state index contributed by atoms with van der Waals surface area (Å²) >= 11 is 0. The van der Waals surface area contributed by atoms with E-state index in [4.69, 9.17) is 0 Å². The maximum absolute atomic E-state index is 9.23. The summed E-state index contributed by atoms with van der Waals surface area (Å²) in [4.78, 5) is 0. The van der Waals surface area contributed by atoms with E-state index in [0.29, 0.717) is 0 Å². The van der Waals surface area contributed by atoms with Gasteiger partial charge in [-0.1, -0.05) is 0 Å². The van der Waals surface area contributed by atoms with Crippen LogP contribution in [-0.4, -0.2) is 8.42 Å². The van der Waals surface area contributed by atoms with E-state index in [1.807, 2.05) is 0 Å². The molecule has 0 saturated heterocycles. The van der Waals surface area contributed by atoms with Crippen molar-refractivity contribution in [3.8, 4) is 0 Å². The van der Waals surface area contributed by atoms with Crippen LogP contribution in [0.4, 0.5) is 0 Å². The van der Waals surface area contributed by atoms with Crippen LogP contribution in [0.2, 0.25) is 0 Å². The average molecular weight is 184 g/mol. The maximum Gasteiger partial charge on any atom is 1.00 e. The molecule has 0 N–H and O–H groups in total. The van der Waals surface area contributed by atoms with Crippen LogP contribution in [0.15, 0.2) is 0 Å². The Morgan fingerprint density at radius 2 is 1.62 bits per heavy atom. The Labute approximate surface area is 92.1 Å². The van der Waals surface area contributed by atoms with Gasteiger partial charge in [0, 0.05) is 0 Å². The van der Waals surface area contributed by atoms with Crippen LogP contribution in [0.25, 0.3) is 0 Å². The van der Waals surface area contributed by atoms with Gasteiger partial charge in [0.05, 0.1) is 11.0 Å². The Morgan fingerprint density at radius 3 is 1.62 bits per heavy atom. The molecule has 0 atom stereocenters. The van der Waals surface area contributed by atoms with Gasteiger partial charge in [-0.2, -0.15) is 0 Å². The number of thiol groups is 1. The minimum Gasteiger partial charge on any atom is -0.396 e. The molecular weight excluding hydrogens is 183 g/mol.